The lowest BCUT2D eigenvalue weighted by Gasteiger charge is -2.18. The van der Waals surface area contributed by atoms with Gasteiger partial charge in [-0.05, 0) is 18.1 Å². The molecule has 0 saturated carbocycles. The number of hydrogen-bond donors (Lipinski definition) is 1. The Balaban J connectivity index is 2.76. The number of aryl methyl sites for hydroxylation is 1. The van der Waals surface area contributed by atoms with Crippen molar-refractivity contribution in [2.45, 2.75) is 24.7 Å². The van der Waals surface area contributed by atoms with Gasteiger partial charge in [-0.3, -0.25) is 0 Å². The Morgan fingerprint density at radius 1 is 1.35 bits per heavy atom. The summed E-state index contributed by atoms with van der Waals surface area (Å²) in [7, 11) is -1.39. The topological polar surface area (TPSA) is 78.0 Å². The van der Waals surface area contributed by atoms with E-state index in [0.29, 0.717) is 18.0 Å². The normalized spacial score (nSPS) is 14.1. The first-order chi connectivity index (χ1) is 9.27. The van der Waals surface area contributed by atoms with Gasteiger partial charge in [-0.25, -0.2) is 13.4 Å². The van der Waals surface area contributed by atoms with E-state index in [1.165, 1.54) is 6.26 Å². The molecule has 2 rings (SSSR count). The Labute approximate surface area is 119 Å². The van der Waals surface area contributed by atoms with Crippen molar-refractivity contribution >= 4 is 20.9 Å². The zero-order valence-corrected chi connectivity index (χ0v) is 13.1. The smallest absolute Gasteiger partial charge is 0.177 e. The number of rotatable bonds is 4. The minimum Gasteiger partial charge on any atom is -0.331 e. The third-order valence-corrected chi connectivity index (χ3v) is 4.83. The van der Waals surface area contributed by atoms with Crippen LogP contribution in [0.4, 0.5) is 0 Å². The van der Waals surface area contributed by atoms with Crippen LogP contribution in [0.2, 0.25) is 0 Å². The molecule has 0 aliphatic carbocycles. The summed E-state index contributed by atoms with van der Waals surface area (Å²) in [6.07, 6.45) is 1.21. The van der Waals surface area contributed by atoms with E-state index in [1.807, 2.05) is 17.7 Å². The summed E-state index contributed by atoms with van der Waals surface area (Å²) in [6, 6.07) is 5.23. The molecule has 0 aliphatic rings. The highest BCUT2D eigenvalue weighted by Gasteiger charge is 2.23. The van der Waals surface area contributed by atoms with Crippen LogP contribution in [0, 0.1) is 5.92 Å². The molecule has 2 aromatic rings. The average molecular weight is 295 g/mol. The molecule has 0 saturated heterocycles. The maximum atomic E-state index is 11.9. The number of sulfone groups is 1. The molecule has 2 N–H and O–H groups in total. The zero-order valence-electron chi connectivity index (χ0n) is 12.3. The molecule has 5 nitrogen and oxygen atoms in total. The molecule has 0 spiro atoms. The Bertz CT molecular complexity index is 732. The molecule has 0 fully saturated rings. The molecule has 20 heavy (non-hydrogen) atoms. The summed E-state index contributed by atoms with van der Waals surface area (Å²) in [5.41, 5.74) is 7.20. The van der Waals surface area contributed by atoms with Crippen molar-refractivity contribution in [1.29, 1.82) is 0 Å². The first-order valence-corrected chi connectivity index (χ1v) is 8.52. The van der Waals surface area contributed by atoms with Crippen LogP contribution >= 0.6 is 0 Å². The SMILES string of the molecule is CC(C)C(CN)c1nc2c(S(C)(=O)=O)cccc2n1C. The molecule has 1 heterocycles. The van der Waals surface area contributed by atoms with Gasteiger partial charge in [-0.1, -0.05) is 19.9 Å². The van der Waals surface area contributed by atoms with Gasteiger partial charge in [0.1, 0.15) is 11.3 Å². The van der Waals surface area contributed by atoms with Gasteiger partial charge in [0.2, 0.25) is 0 Å². The standard InChI is InChI=1S/C14H21N3O2S/c1-9(2)10(8-15)14-16-13-11(17(14)3)6-5-7-12(13)20(4,18)19/h5-7,9-10H,8,15H2,1-4H3. The van der Waals surface area contributed by atoms with Gasteiger partial charge >= 0.3 is 0 Å². The van der Waals surface area contributed by atoms with Crippen molar-refractivity contribution in [2.75, 3.05) is 12.8 Å². The van der Waals surface area contributed by atoms with Gasteiger partial charge in [0.15, 0.2) is 9.84 Å². The number of imidazole rings is 1. The predicted octanol–water partition coefficient (Wildman–Crippen LogP) is 1.68. The van der Waals surface area contributed by atoms with E-state index < -0.39 is 9.84 Å². The predicted molar refractivity (Wildman–Crippen MR) is 80.5 cm³/mol. The maximum absolute atomic E-state index is 11.9. The van der Waals surface area contributed by atoms with Crippen LogP contribution in [0.3, 0.4) is 0 Å². The average Bonchev–Trinajstić information content (AvgIpc) is 2.66. The van der Waals surface area contributed by atoms with Crippen LogP contribution in [0.1, 0.15) is 25.6 Å². The Morgan fingerprint density at radius 2 is 2.00 bits per heavy atom. The molecule has 0 amide bonds. The Morgan fingerprint density at radius 3 is 2.50 bits per heavy atom. The summed E-state index contributed by atoms with van der Waals surface area (Å²) in [5.74, 6) is 1.30. The van der Waals surface area contributed by atoms with E-state index in [0.717, 1.165) is 11.3 Å². The number of aromatic nitrogens is 2. The minimum absolute atomic E-state index is 0.111. The number of fused-ring (bicyclic) bond motifs is 1. The first-order valence-electron chi connectivity index (χ1n) is 6.62. The largest absolute Gasteiger partial charge is 0.331 e. The third-order valence-electron chi connectivity index (χ3n) is 3.70. The van der Waals surface area contributed by atoms with Crippen LogP contribution in [0.25, 0.3) is 11.0 Å². The van der Waals surface area contributed by atoms with Gasteiger partial charge in [-0.15, -0.1) is 0 Å². The van der Waals surface area contributed by atoms with E-state index in [4.69, 9.17) is 5.73 Å². The molecule has 0 bridgehead atoms. The second-order valence-electron chi connectivity index (χ2n) is 5.51. The van der Waals surface area contributed by atoms with Crippen molar-refractivity contribution < 1.29 is 8.42 Å². The van der Waals surface area contributed by atoms with Crippen LogP contribution in [0.15, 0.2) is 23.1 Å². The fourth-order valence-corrected chi connectivity index (χ4v) is 3.34. The quantitative estimate of drug-likeness (QED) is 0.930. The number of para-hydroxylation sites is 1. The van der Waals surface area contributed by atoms with E-state index in [2.05, 4.69) is 18.8 Å². The first kappa shape index (κ1) is 15.0. The van der Waals surface area contributed by atoms with E-state index >= 15 is 0 Å². The van der Waals surface area contributed by atoms with Crippen LogP contribution in [0.5, 0.6) is 0 Å². The van der Waals surface area contributed by atoms with Gasteiger partial charge in [-0.2, -0.15) is 0 Å². The van der Waals surface area contributed by atoms with Crippen LogP contribution < -0.4 is 5.73 Å². The molecule has 1 unspecified atom stereocenters. The van der Waals surface area contributed by atoms with Gasteiger partial charge in [0.25, 0.3) is 0 Å². The van der Waals surface area contributed by atoms with Crippen molar-refractivity contribution in [3.63, 3.8) is 0 Å². The number of nitrogens with zero attached hydrogens (tertiary/aromatic N) is 2. The highest BCUT2D eigenvalue weighted by atomic mass is 32.2. The minimum atomic E-state index is -3.29. The summed E-state index contributed by atoms with van der Waals surface area (Å²) < 4.78 is 25.7. The Kier molecular flexibility index (Phi) is 3.88. The number of nitrogens with two attached hydrogens (primary N) is 1. The molecular weight excluding hydrogens is 274 g/mol. The molecule has 1 atom stereocenters. The van der Waals surface area contributed by atoms with E-state index in [-0.39, 0.29) is 10.8 Å². The van der Waals surface area contributed by atoms with E-state index in [1.54, 1.807) is 12.1 Å². The molecule has 0 radical (unpaired) electrons. The van der Waals surface area contributed by atoms with Crippen LogP contribution in [-0.2, 0) is 16.9 Å². The number of hydrogen-bond acceptors (Lipinski definition) is 4. The molecule has 0 aliphatic heterocycles. The summed E-state index contributed by atoms with van der Waals surface area (Å²) in [6.45, 7) is 4.67. The summed E-state index contributed by atoms with van der Waals surface area (Å²) >= 11 is 0. The molecule has 110 valence electrons. The lowest BCUT2D eigenvalue weighted by atomic mass is 9.95. The number of benzene rings is 1. The Hall–Kier alpha value is -1.40. The van der Waals surface area contributed by atoms with Crippen molar-refractivity contribution in [2.24, 2.45) is 18.7 Å². The fraction of sp³-hybridized carbons (Fsp3) is 0.500. The van der Waals surface area contributed by atoms with Gasteiger partial charge in [0.05, 0.1) is 10.4 Å². The highest BCUT2D eigenvalue weighted by molar-refractivity contribution is 7.91. The monoisotopic (exact) mass is 295 g/mol. The zero-order chi connectivity index (χ0) is 15.1. The van der Waals surface area contributed by atoms with Gasteiger partial charge < -0.3 is 10.3 Å². The lowest BCUT2D eigenvalue weighted by molar-refractivity contribution is 0.474. The van der Waals surface area contributed by atoms with Crippen molar-refractivity contribution in [3.05, 3.63) is 24.0 Å². The van der Waals surface area contributed by atoms with Crippen LogP contribution in [-0.4, -0.2) is 30.8 Å². The second-order valence-corrected chi connectivity index (χ2v) is 7.50. The summed E-state index contributed by atoms with van der Waals surface area (Å²) in [5, 5.41) is 0. The van der Waals surface area contributed by atoms with Crippen molar-refractivity contribution in [3.8, 4) is 0 Å². The lowest BCUT2D eigenvalue weighted by Crippen LogP contribution is -2.21. The van der Waals surface area contributed by atoms with Crippen molar-refractivity contribution in [1.82, 2.24) is 9.55 Å². The van der Waals surface area contributed by atoms with E-state index in [9.17, 15) is 8.42 Å². The molecular formula is C14H21N3O2S. The summed E-state index contributed by atoms with van der Waals surface area (Å²) in [4.78, 5) is 4.85. The molecule has 1 aromatic carbocycles. The molecule has 6 heteroatoms. The second kappa shape index (κ2) is 5.18. The maximum Gasteiger partial charge on any atom is 0.177 e. The third kappa shape index (κ3) is 2.45. The highest BCUT2D eigenvalue weighted by Crippen LogP contribution is 2.29. The molecule has 1 aromatic heterocycles. The van der Waals surface area contributed by atoms with Gasteiger partial charge in [0, 0.05) is 25.8 Å². The fourth-order valence-electron chi connectivity index (χ4n) is 2.51.